The maximum atomic E-state index is 13.2. The summed E-state index contributed by atoms with van der Waals surface area (Å²) < 4.78 is 32.7. The molecule has 0 aliphatic heterocycles. The van der Waals surface area contributed by atoms with Gasteiger partial charge in [-0.25, -0.2) is 12.4 Å². The van der Waals surface area contributed by atoms with Crippen LogP contribution in [0.25, 0.3) is 10.9 Å². The third-order valence-electron chi connectivity index (χ3n) is 4.05. The van der Waals surface area contributed by atoms with Gasteiger partial charge in [-0.15, -0.1) is 5.10 Å². The Balaban J connectivity index is 2.23. The highest BCUT2D eigenvalue weighted by molar-refractivity contribution is 7.90. The topological polar surface area (TPSA) is 125 Å². The summed E-state index contributed by atoms with van der Waals surface area (Å²) >= 11 is 6.12. The molecule has 0 saturated carbocycles. The summed E-state index contributed by atoms with van der Waals surface area (Å²) in [7, 11) is -2.36. The first kappa shape index (κ1) is 19.7. The molecule has 0 fully saturated rings. The molecule has 0 aliphatic rings. The standard InChI is InChI=1S/C18H18ClN5O3S/c1-11(22-23-18(20)21)16-10-24(17-8-3-12(19)9-15(16)17)28(25,26)14-6-4-13(27-2)5-7-14/h3-10H,1-2H3,(H4,20,21,23). The highest BCUT2D eigenvalue weighted by atomic mass is 35.5. The van der Waals surface area contributed by atoms with Gasteiger partial charge in [-0.3, -0.25) is 0 Å². The molecular formula is C18H18ClN5O3S. The first-order valence-corrected chi connectivity index (χ1v) is 9.89. The summed E-state index contributed by atoms with van der Waals surface area (Å²) in [5.41, 5.74) is 12.1. The van der Waals surface area contributed by atoms with E-state index in [-0.39, 0.29) is 10.9 Å². The van der Waals surface area contributed by atoms with E-state index in [9.17, 15) is 8.42 Å². The molecule has 10 heteroatoms. The number of benzene rings is 2. The molecule has 2 aromatic carbocycles. The number of hydrogen-bond donors (Lipinski definition) is 2. The van der Waals surface area contributed by atoms with E-state index >= 15 is 0 Å². The minimum absolute atomic E-state index is 0.116. The third kappa shape index (κ3) is 3.67. The number of nitrogens with zero attached hydrogens (tertiary/aromatic N) is 3. The van der Waals surface area contributed by atoms with E-state index in [0.717, 1.165) is 0 Å². The van der Waals surface area contributed by atoms with E-state index in [1.807, 2.05) is 0 Å². The van der Waals surface area contributed by atoms with E-state index in [2.05, 4.69) is 10.2 Å². The Morgan fingerprint density at radius 3 is 2.39 bits per heavy atom. The van der Waals surface area contributed by atoms with Crippen molar-refractivity contribution < 1.29 is 13.2 Å². The highest BCUT2D eigenvalue weighted by Gasteiger charge is 2.22. The Bertz CT molecular complexity index is 1190. The molecule has 1 aromatic heterocycles. The van der Waals surface area contributed by atoms with Crippen LogP contribution < -0.4 is 16.2 Å². The molecular weight excluding hydrogens is 402 g/mol. The zero-order valence-corrected chi connectivity index (χ0v) is 16.7. The summed E-state index contributed by atoms with van der Waals surface area (Å²) in [6.07, 6.45) is 1.47. The normalized spacial score (nSPS) is 12.2. The fourth-order valence-electron chi connectivity index (χ4n) is 2.71. The van der Waals surface area contributed by atoms with Gasteiger partial charge in [-0.2, -0.15) is 5.10 Å². The van der Waals surface area contributed by atoms with Crippen LogP contribution in [0.15, 0.2) is 63.8 Å². The number of aromatic nitrogens is 1. The van der Waals surface area contributed by atoms with Crippen molar-refractivity contribution in [1.29, 1.82) is 0 Å². The van der Waals surface area contributed by atoms with Crippen molar-refractivity contribution in [3.63, 3.8) is 0 Å². The quantitative estimate of drug-likeness (QED) is 0.373. The number of rotatable bonds is 5. The van der Waals surface area contributed by atoms with E-state index in [0.29, 0.717) is 33.0 Å². The fourth-order valence-corrected chi connectivity index (χ4v) is 4.25. The molecule has 0 bridgehead atoms. The third-order valence-corrected chi connectivity index (χ3v) is 5.98. The Labute approximate surface area is 167 Å². The second-order valence-electron chi connectivity index (χ2n) is 5.89. The lowest BCUT2D eigenvalue weighted by Crippen LogP contribution is -2.22. The number of halogens is 1. The Hall–Kier alpha value is -3.04. The van der Waals surface area contributed by atoms with Crippen LogP contribution in [0.5, 0.6) is 5.75 Å². The summed E-state index contributed by atoms with van der Waals surface area (Å²) in [4.78, 5) is 0.116. The van der Waals surface area contributed by atoms with Gasteiger partial charge in [0, 0.05) is 22.2 Å². The zero-order valence-electron chi connectivity index (χ0n) is 15.1. The van der Waals surface area contributed by atoms with Crippen molar-refractivity contribution >= 4 is 44.2 Å². The SMILES string of the molecule is COc1ccc(S(=O)(=O)n2cc(C(C)=NN=C(N)N)c3cc(Cl)ccc32)cc1. The van der Waals surface area contributed by atoms with Crippen LogP contribution in [-0.2, 0) is 10.0 Å². The predicted molar refractivity (Wildman–Crippen MR) is 111 cm³/mol. The van der Waals surface area contributed by atoms with Crippen molar-refractivity contribution in [3.05, 3.63) is 59.2 Å². The lowest BCUT2D eigenvalue weighted by Gasteiger charge is -2.08. The number of hydrogen-bond acceptors (Lipinski definition) is 5. The van der Waals surface area contributed by atoms with Crippen molar-refractivity contribution in [2.24, 2.45) is 21.7 Å². The van der Waals surface area contributed by atoms with Gasteiger partial charge >= 0.3 is 0 Å². The van der Waals surface area contributed by atoms with Gasteiger partial charge in [0.1, 0.15) is 5.75 Å². The van der Waals surface area contributed by atoms with Crippen LogP contribution in [0.2, 0.25) is 5.02 Å². The lowest BCUT2D eigenvalue weighted by molar-refractivity contribution is 0.414. The van der Waals surface area contributed by atoms with Crippen LogP contribution >= 0.6 is 11.6 Å². The average molecular weight is 420 g/mol. The number of nitrogens with two attached hydrogens (primary N) is 2. The van der Waals surface area contributed by atoms with E-state index in [4.69, 9.17) is 27.8 Å². The van der Waals surface area contributed by atoms with Gasteiger partial charge in [-0.05, 0) is 49.4 Å². The first-order valence-electron chi connectivity index (χ1n) is 8.08. The Kier molecular flexibility index (Phi) is 5.30. The molecule has 0 atom stereocenters. The number of ether oxygens (including phenoxy) is 1. The average Bonchev–Trinajstić information content (AvgIpc) is 3.05. The van der Waals surface area contributed by atoms with Crippen LogP contribution in [0.4, 0.5) is 0 Å². The molecule has 3 aromatic rings. The maximum Gasteiger partial charge on any atom is 0.268 e. The Morgan fingerprint density at radius 1 is 1.11 bits per heavy atom. The molecule has 0 radical (unpaired) electrons. The zero-order chi connectivity index (χ0) is 20.5. The van der Waals surface area contributed by atoms with Gasteiger partial charge in [0.25, 0.3) is 10.0 Å². The number of methoxy groups -OCH3 is 1. The molecule has 0 saturated heterocycles. The molecule has 0 spiro atoms. The molecule has 1 heterocycles. The van der Waals surface area contributed by atoms with Gasteiger partial charge < -0.3 is 16.2 Å². The van der Waals surface area contributed by atoms with Crippen LogP contribution in [0.1, 0.15) is 12.5 Å². The largest absolute Gasteiger partial charge is 0.497 e. The van der Waals surface area contributed by atoms with Crippen LogP contribution in [0, 0.1) is 0 Å². The van der Waals surface area contributed by atoms with E-state index < -0.39 is 10.0 Å². The molecule has 146 valence electrons. The number of guanidine groups is 1. The summed E-state index contributed by atoms with van der Waals surface area (Å²) in [6.45, 7) is 1.67. The van der Waals surface area contributed by atoms with Crippen molar-refractivity contribution in [3.8, 4) is 5.75 Å². The Morgan fingerprint density at radius 2 is 1.79 bits per heavy atom. The molecule has 0 aliphatic carbocycles. The van der Waals surface area contributed by atoms with E-state index in [1.54, 1.807) is 37.3 Å². The minimum Gasteiger partial charge on any atom is -0.497 e. The second kappa shape index (κ2) is 7.53. The smallest absolute Gasteiger partial charge is 0.268 e. The van der Waals surface area contributed by atoms with Gasteiger partial charge in [0.2, 0.25) is 5.96 Å². The van der Waals surface area contributed by atoms with E-state index in [1.165, 1.54) is 29.4 Å². The first-order chi connectivity index (χ1) is 13.2. The second-order valence-corrected chi connectivity index (χ2v) is 8.14. The summed E-state index contributed by atoms with van der Waals surface area (Å²) in [6, 6.07) is 11.1. The fraction of sp³-hybridized carbons (Fsp3) is 0.111. The monoisotopic (exact) mass is 419 g/mol. The summed E-state index contributed by atoms with van der Waals surface area (Å²) in [5.74, 6) is 0.357. The summed E-state index contributed by atoms with van der Waals surface area (Å²) in [5, 5.41) is 8.65. The molecule has 0 amide bonds. The van der Waals surface area contributed by atoms with Crippen molar-refractivity contribution in [1.82, 2.24) is 3.97 Å². The van der Waals surface area contributed by atoms with Crippen LogP contribution in [-0.4, -0.2) is 31.2 Å². The van der Waals surface area contributed by atoms with Gasteiger partial charge in [0.15, 0.2) is 0 Å². The minimum atomic E-state index is -3.87. The molecule has 4 N–H and O–H groups in total. The molecule has 28 heavy (non-hydrogen) atoms. The molecule has 3 rings (SSSR count). The van der Waals surface area contributed by atoms with Crippen molar-refractivity contribution in [2.45, 2.75) is 11.8 Å². The van der Waals surface area contributed by atoms with Gasteiger partial charge in [0.05, 0.1) is 23.2 Å². The van der Waals surface area contributed by atoms with Crippen molar-refractivity contribution in [2.75, 3.05) is 7.11 Å². The predicted octanol–water partition coefficient (Wildman–Crippen LogP) is 2.54. The van der Waals surface area contributed by atoms with Crippen LogP contribution in [0.3, 0.4) is 0 Å². The molecule has 8 nitrogen and oxygen atoms in total. The lowest BCUT2D eigenvalue weighted by atomic mass is 10.1. The maximum absolute atomic E-state index is 13.2. The van der Waals surface area contributed by atoms with Gasteiger partial charge in [-0.1, -0.05) is 11.6 Å². The molecule has 0 unspecified atom stereocenters. The number of fused-ring (bicyclic) bond motifs is 1. The highest BCUT2D eigenvalue weighted by Crippen LogP contribution is 2.29.